The van der Waals surface area contributed by atoms with E-state index in [-0.39, 0.29) is 11.3 Å². The number of para-hydroxylation sites is 1. The van der Waals surface area contributed by atoms with Gasteiger partial charge < -0.3 is 14.3 Å². The van der Waals surface area contributed by atoms with Crippen LogP contribution in [0.15, 0.2) is 179 Å². The molecule has 3 aliphatic carbocycles. The molecule has 0 fully saturated rings. The van der Waals surface area contributed by atoms with Gasteiger partial charge in [-0.25, -0.2) is 0 Å². The van der Waals surface area contributed by atoms with Crippen LogP contribution in [0.1, 0.15) is 57.1 Å². The van der Waals surface area contributed by atoms with Gasteiger partial charge in [0.25, 0.3) is 0 Å². The second kappa shape index (κ2) is 13.0. The molecule has 270 valence electrons. The van der Waals surface area contributed by atoms with E-state index in [1.165, 1.54) is 27.5 Å². The Morgan fingerprint density at radius 1 is 0.782 bits per heavy atom. The molecule has 4 aliphatic rings. The normalized spacial score (nSPS) is 24.9. The predicted octanol–water partition coefficient (Wildman–Crippen LogP) is 12.9. The summed E-state index contributed by atoms with van der Waals surface area (Å²) < 4.78 is 9.53. The summed E-state index contributed by atoms with van der Waals surface area (Å²) in [7, 11) is 0. The largest absolute Gasteiger partial charge is 0.455 e. The van der Waals surface area contributed by atoms with Crippen molar-refractivity contribution in [3.63, 3.8) is 0 Å². The second-order valence-electron chi connectivity index (χ2n) is 16.0. The van der Waals surface area contributed by atoms with Gasteiger partial charge in [0.15, 0.2) is 0 Å². The van der Waals surface area contributed by atoms with Crippen molar-refractivity contribution in [2.75, 3.05) is 0 Å². The van der Waals surface area contributed by atoms with Crippen LogP contribution in [0.2, 0.25) is 0 Å². The van der Waals surface area contributed by atoms with E-state index >= 15 is 0 Å². The zero-order valence-corrected chi connectivity index (χ0v) is 31.7. The number of rotatable bonds is 6. The van der Waals surface area contributed by atoms with Crippen LogP contribution >= 0.6 is 0 Å². The Hall–Kier alpha value is -6.13. The molecule has 2 aromatic heterocycles. The fourth-order valence-corrected chi connectivity index (χ4v) is 9.19. The first-order valence-electron chi connectivity index (χ1n) is 19.7. The predicted molar refractivity (Wildman–Crippen MR) is 231 cm³/mol. The molecule has 4 heteroatoms. The Balaban J connectivity index is 1.15. The van der Waals surface area contributed by atoms with Gasteiger partial charge in [-0.05, 0) is 79.7 Å². The van der Waals surface area contributed by atoms with E-state index < -0.39 is 5.66 Å². The topological polar surface area (TPSA) is 42.5 Å². The third-order valence-corrected chi connectivity index (χ3v) is 12.3. The van der Waals surface area contributed by atoms with E-state index in [1.54, 1.807) is 0 Å². The number of allylic oxidation sites excluding steroid dienone is 12. The highest BCUT2D eigenvalue weighted by molar-refractivity contribution is 6.21. The Morgan fingerprint density at radius 3 is 2.35 bits per heavy atom. The minimum atomic E-state index is -0.627. The second-order valence-corrected chi connectivity index (χ2v) is 16.0. The maximum Gasteiger partial charge on any atom is 0.145 e. The number of nitrogens with zero attached hydrogens (tertiary/aromatic N) is 2. The zero-order chi connectivity index (χ0) is 37.1. The molecular weight excluding hydrogens is 671 g/mol. The van der Waals surface area contributed by atoms with Crippen molar-refractivity contribution in [3.8, 4) is 11.3 Å². The number of fused-ring (bicyclic) bond motifs is 5. The Kier molecular flexibility index (Phi) is 7.92. The quantitative estimate of drug-likeness (QED) is 0.187. The van der Waals surface area contributed by atoms with Crippen LogP contribution in [-0.2, 0) is 0 Å². The highest BCUT2D eigenvalue weighted by Crippen LogP contribution is 2.49. The van der Waals surface area contributed by atoms with Gasteiger partial charge in [0.1, 0.15) is 17.0 Å². The summed E-state index contributed by atoms with van der Waals surface area (Å²) in [4.78, 5) is 5.62. The van der Waals surface area contributed by atoms with E-state index in [0.717, 1.165) is 69.7 Å². The molecular formula is C51H45N3O. The van der Waals surface area contributed by atoms with Crippen molar-refractivity contribution in [3.05, 3.63) is 181 Å². The van der Waals surface area contributed by atoms with Crippen molar-refractivity contribution in [2.45, 2.75) is 51.6 Å². The van der Waals surface area contributed by atoms with Gasteiger partial charge in [0.2, 0.25) is 0 Å². The van der Waals surface area contributed by atoms with Crippen molar-refractivity contribution in [2.24, 2.45) is 16.3 Å². The average Bonchev–Trinajstić information content (AvgIpc) is 3.78. The first kappa shape index (κ1) is 33.4. The summed E-state index contributed by atoms with van der Waals surface area (Å²) in [6.45, 7) is 6.92. The van der Waals surface area contributed by atoms with Gasteiger partial charge in [-0.2, -0.15) is 0 Å². The molecule has 0 saturated heterocycles. The molecule has 6 aromatic rings. The minimum Gasteiger partial charge on any atom is -0.455 e. The Morgan fingerprint density at radius 2 is 1.56 bits per heavy atom. The van der Waals surface area contributed by atoms with Crippen LogP contribution in [0.25, 0.3) is 55.5 Å². The van der Waals surface area contributed by atoms with Crippen molar-refractivity contribution < 1.29 is 4.42 Å². The summed E-state index contributed by atoms with van der Waals surface area (Å²) in [5.74, 6) is 1.67. The average molecular weight is 716 g/mol. The van der Waals surface area contributed by atoms with Crippen LogP contribution in [0, 0.1) is 11.3 Å². The highest BCUT2D eigenvalue weighted by atomic mass is 16.3. The summed E-state index contributed by atoms with van der Waals surface area (Å²) in [5, 5.41) is 7.49. The maximum absolute atomic E-state index is 7.09. The van der Waals surface area contributed by atoms with E-state index in [0.29, 0.717) is 5.92 Å². The molecule has 55 heavy (non-hydrogen) atoms. The van der Waals surface area contributed by atoms with Crippen LogP contribution in [0.3, 0.4) is 0 Å². The first-order chi connectivity index (χ1) is 26.9. The number of furan rings is 1. The maximum atomic E-state index is 7.09. The minimum absolute atomic E-state index is 0.240. The Labute approximate surface area is 323 Å². The van der Waals surface area contributed by atoms with Crippen molar-refractivity contribution in [1.29, 1.82) is 0 Å². The van der Waals surface area contributed by atoms with Gasteiger partial charge in [0.05, 0.1) is 22.1 Å². The lowest BCUT2D eigenvalue weighted by Gasteiger charge is -2.47. The van der Waals surface area contributed by atoms with Crippen LogP contribution in [0.4, 0.5) is 0 Å². The summed E-state index contributed by atoms with van der Waals surface area (Å²) in [6, 6.07) is 34.7. The lowest BCUT2D eigenvalue weighted by Crippen LogP contribution is -2.54. The van der Waals surface area contributed by atoms with Gasteiger partial charge in [-0.1, -0.05) is 141 Å². The first-order valence-corrected chi connectivity index (χ1v) is 19.7. The molecule has 0 spiro atoms. The third kappa shape index (κ3) is 5.54. The van der Waals surface area contributed by atoms with Crippen molar-refractivity contribution in [1.82, 2.24) is 9.88 Å². The molecule has 4 aromatic carbocycles. The number of hydrogen-bond donors (Lipinski definition) is 1. The van der Waals surface area contributed by atoms with Gasteiger partial charge >= 0.3 is 0 Å². The molecule has 4 nitrogen and oxygen atoms in total. The SMILES string of the molecule is CC1C=CC=C(C2=NC(C)(C3(C)C=C(n4c5ccccc5c5c6oc(-c7ccccc7)c(C7C=CC=CC7)c6ccc54)C=CC3)NC(c3ccccc3)=C2)C1. The lowest BCUT2D eigenvalue weighted by molar-refractivity contribution is 0.201. The summed E-state index contributed by atoms with van der Waals surface area (Å²) in [6.07, 6.45) is 27.7. The smallest absolute Gasteiger partial charge is 0.145 e. The highest BCUT2D eigenvalue weighted by Gasteiger charge is 2.46. The Bertz CT molecular complexity index is 2750. The standard InChI is InChI=1S/C51H45N3O/c1-34-17-15-24-38(31-34)43-32-42(35-18-7-4-8-19-35)52-51(3,53-43)50(2)30-16-25-39(33-50)54-44-27-14-13-26-40(44)47-45(54)29-28-41-46(36-20-9-5-10-21-36)48(55-49(41)47)37-22-11-6-12-23-37/h4-20,22-29,32-34,36,52H,21,30-31H2,1-3H3. The van der Waals surface area contributed by atoms with Crippen molar-refractivity contribution >= 4 is 49.9 Å². The number of aliphatic imine (C=N–C) groups is 1. The molecule has 0 radical (unpaired) electrons. The summed E-state index contributed by atoms with van der Waals surface area (Å²) >= 11 is 0. The molecule has 1 N–H and O–H groups in total. The molecule has 4 atom stereocenters. The number of aromatic nitrogens is 1. The van der Waals surface area contributed by atoms with E-state index in [4.69, 9.17) is 9.41 Å². The molecule has 1 aliphatic heterocycles. The molecule has 0 saturated carbocycles. The zero-order valence-electron chi connectivity index (χ0n) is 31.7. The molecule has 0 bridgehead atoms. The van der Waals surface area contributed by atoms with E-state index in [9.17, 15) is 0 Å². The van der Waals surface area contributed by atoms with Crippen LogP contribution < -0.4 is 5.32 Å². The molecule has 0 amide bonds. The number of nitrogens with one attached hydrogen (secondary N) is 1. The fourth-order valence-electron chi connectivity index (χ4n) is 9.19. The number of hydrogen-bond acceptors (Lipinski definition) is 3. The molecule has 10 rings (SSSR count). The number of benzene rings is 4. The van der Waals surface area contributed by atoms with E-state index in [2.05, 4.69) is 195 Å². The van der Waals surface area contributed by atoms with Gasteiger partial charge in [0, 0.05) is 44.6 Å². The fraction of sp³-hybridized carbons (Fsp3) is 0.196. The summed E-state index contributed by atoms with van der Waals surface area (Å²) in [5.41, 5.74) is 10.4. The lowest BCUT2D eigenvalue weighted by atomic mass is 9.71. The van der Waals surface area contributed by atoms with Gasteiger partial charge in [-0.15, -0.1) is 0 Å². The molecule has 3 heterocycles. The van der Waals surface area contributed by atoms with Gasteiger partial charge in [-0.3, -0.25) is 4.99 Å². The third-order valence-electron chi connectivity index (χ3n) is 12.3. The monoisotopic (exact) mass is 715 g/mol. The van der Waals surface area contributed by atoms with E-state index in [1.807, 2.05) is 0 Å². The van der Waals surface area contributed by atoms with Crippen LogP contribution in [0.5, 0.6) is 0 Å². The molecule has 4 unspecified atom stereocenters. The van der Waals surface area contributed by atoms with Crippen LogP contribution in [-0.4, -0.2) is 15.9 Å².